The normalized spacial score (nSPS) is 12.2. The Bertz CT molecular complexity index is 199. The van der Waals surface area contributed by atoms with E-state index in [0.29, 0.717) is 19.4 Å². The molecule has 0 bridgehead atoms. The molecule has 0 aliphatic carbocycles. The lowest BCUT2D eigenvalue weighted by molar-refractivity contribution is -0.152. The highest BCUT2D eigenvalue weighted by Gasteiger charge is 2.24. The van der Waals surface area contributed by atoms with Gasteiger partial charge in [-0.05, 0) is 19.3 Å². The number of ketones is 1. The summed E-state index contributed by atoms with van der Waals surface area (Å²) < 4.78 is 5.04. The number of ether oxygens (including phenoxy) is 1. The quantitative estimate of drug-likeness (QED) is 0.354. The highest BCUT2D eigenvalue weighted by atomic mass is 16.5. The van der Waals surface area contributed by atoms with Crippen molar-refractivity contribution in [1.82, 2.24) is 0 Å². The topological polar surface area (TPSA) is 43.4 Å². The molecular formula is C12H22O3. The minimum absolute atomic E-state index is 0.0153. The van der Waals surface area contributed by atoms with Gasteiger partial charge < -0.3 is 4.74 Å². The molecule has 0 rings (SSSR count). The van der Waals surface area contributed by atoms with Crippen molar-refractivity contribution in [2.45, 2.75) is 52.9 Å². The van der Waals surface area contributed by atoms with Gasteiger partial charge in [0.2, 0.25) is 0 Å². The van der Waals surface area contributed by atoms with Crippen molar-refractivity contribution in [1.29, 1.82) is 0 Å². The first kappa shape index (κ1) is 14.1. The summed E-state index contributed by atoms with van der Waals surface area (Å²) in [6, 6.07) is 0. The number of hydrogen-bond donors (Lipinski definition) is 0. The van der Waals surface area contributed by atoms with E-state index in [-0.39, 0.29) is 11.8 Å². The van der Waals surface area contributed by atoms with Crippen LogP contribution in [-0.2, 0) is 14.3 Å². The van der Waals surface area contributed by atoms with E-state index in [9.17, 15) is 9.59 Å². The molecule has 88 valence electrons. The van der Waals surface area contributed by atoms with E-state index in [1.807, 2.05) is 20.8 Å². The fourth-order valence-electron chi connectivity index (χ4n) is 1.36. The van der Waals surface area contributed by atoms with Gasteiger partial charge in [-0.2, -0.15) is 0 Å². The van der Waals surface area contributed by atoms with Crippen LogP contribution in [0.4, 0.5) is 0 Å². The van der Waals surface area contributed by atoms with Crippen molar-refractivity contribution in [3.63, 3.8) is 0 Å². The fraction of sp³-hybridized carbons (Fsp3) is 0.833. The second kappa shape index (κ2) is 8.45. The predicted molar refractivity (Wildman–Crippen MR) is 59.6 cm³/mol. The lowest BCUT2D eigenvalue weighted by Gasteiger charge is -2.12. The number of hydrogen-bond acceptors (Lipinski definition) is 3. The summed E-state index contributed by atoms with van der Waals surface area (Å²) in [6.45, 7) is 6.25. The van der Waals surface area contributed by atoms with Crippen LogP contribution in [0.3, 0.4) is 0 Å². The van der Waals surface area contributed by atoms with Crippen molar-refractivity contribution in [3.05, 3.63) is 0 Å². The fourth-order valence-corrected chi connectivity index (χ4v) is 1.36. The van der Waals surface area contributed by atoms with E-state index < -0.39 is 5.92 Å². The van der Waals surface area contributed by atoms with E-state index in [2.05, 4.69) is 0 Å². The summed E-state index contributed by atoms with van der Waals surface area (Å²) >= 11 is 0. The number of Topliss-reactive ketones (excluding diaryl/α,β-unsaturated/α-hetero) is 1. The summed E-state index contributed by atoms with van der Waals surface area (Å²) in [7, 11) is 0. The van der Waals surface area contributed by atoms with Crippen LogP contribution in [0.25, 0.3) is 0 Å². The smallest absolute Gasteiger partial charge is 0.316 e. The summed E-state index contributed by atoms with van der Waals surface area (Å²) in [4.78, 5) is 23.1. The van der Waals surface area contributed by atoms with Crippen LogP contribution in [0.15, 0.2) is 0 Å². The molecule has 15 heavy (non-hydrogen) atoms. The van der Waals surface area contributed by atoms with Crippen molar-refractivity contribution < 1.29 is 14.3 Å². The van der Waals surface area contributed by atoms with Gasteiger partial charge in [-0.1, -0.05) is 27.2 Å². The van der Waals surface area contributed by atoms with E-state index in [0.717, 1.165) is 19.3 Å². The third-order valence-corrected chi connectivity index (χ3v) is 2.32. The van der Waals surface area contributed by atoms with Crippen molar-refractivity contribution in [3.8, 4) is 0 Å². The van der Waals surface area contributed by atoms with Gasteiger partial charge in [-0.3, -0.25) is 9.59 Å². The van der Waals surface area contributed by atoms with Crippen LogP contribution in [0, 0.1) is 5.92 Å². The zero-order valence-electron chi connectivity index (χ0n) is 10.0. The van der Waals surface area contributed by atoms with Gasteiger partial charge in [0, 0.05) is 6.42 Å². The monoisotopic (exact) mass is 214 g/mol. The third-order valence-electron chi connectivity index (χ3n) is 2.32. The molecule has 3 heteroatoms. The zero-order chi connectivity index (χ0) is 11.7. The first-order valence-corrected chi connectivity index (χ1v) is 5.86. The van der Waals surface area contributed by atoms with Crippen LogP contribution in [0.2, 0.25) is 0 Å². The van der Waals surface area contributed by atoms with Gasteiger partial charge in [0.25, 0.3) is 0 Å². The minimum Gasteiger partial charge on any atom is -0.465 e. The number of carbonyl (C=O) groups excluding carboxylic acids is 2. The Morgan fingerprint density at radius 3 is 2.27 bits per heavy atom. The summed E-state index contributed by atoms with van der Waals surface area (Å²) in [5.41, 5.74) is 0. The first-order valence-electron chi connectivity index (χ1n) is 5.86. The Labute approximate surface area is 92.2 Å². The largest absolute Gasteiger partial charge is 0.465 e. The standard InChI is InChI=1S/C12H22O3/c1-4-7-9-15-12(14)10(6-3)11(13)8-5-2/h10H,4-9H2,1-3H3. The van der Waals surface area contributed by atoms with Gasteiger partial charge in [0.05, 0.1) is 6.61 Å². The number of esters is 1. The molecule has 0 aromatic carbocycles. The second-order valence-corrected chi connectivity index (χ2v) is 3.70. The highest BCUT2D eigenvalue weighted by molar-refractivity contribution is 5.98. The Hall–Kier alpha value is -0.860. The summed E-state index contributed by atoms with van der Waals surface area (Å²) in [6.07, 6.45) is 3.67. The molecule has 0 aliphatic heterocycles. The van der Waals surface area contributed by atoms with Crippen molar-refractivity contribution in [2.24, 2.45) is 5.92 Å². The van der Waals surface area contributed by atoms with Crippen LogP contribution in [-0.4, -0.2) is 18.4 Å². The van der Waals surface area contributed by atoms with Crippen molar-refractivity contribution in [2.75, 3.05) is 6.61 Å². The molecule has 1 unspecified atom stereocenters. The van der Waals surface area contributed by atoms with Crippen LogP contribution >= 0.6 is 0 Å². The molecule has 0 fully saturated rings. The van der Waals surface area contributed by atoms with E-state index >= 15 is 0 Å². The highest BCUT2D eigenvalue weighted by Crippen LogP contribution is 2.11. The van der Waals surface area contributed by atoms with Gasteiger partial charge >= 0.3 is 5.97 Å². The number of rotatable bonds is 8. The maximum Gasteiger partial charge on any atom is 0.316 e. The average Bonchev–Trinajstić information content (AvgIpc) is 2.19. The van der Waals surface area contributed by atoms with Crippen LogP contribution in [0.5, 0.6) is 0 Å². The molecule has 0 heterocycles. The SMILES string of the molecule is CCCCOC(=O)C(CC)C(=O)CCC. The molecule has 0 N–H and O–H groups in total. The molecule has 0 saturated heterocycles. The van der Waals surface area contributed by atoms with E-state index in [4.69, 9.17) is 4.74 Å². The molecule has 0 amide bonds. The Kier molecular flexibility index (Phi) is 7.96. The average molecular weight is 214 g/mol. The van der Waals surface area contributed by atoms with E-state index in [1.54, 1.807) is 0 Å². The molecule has 3 nitrogen and oxygen atoms in total. The van der Waals surface area contributed by atoms with Gasteiger partial charge in [-0.25, -0.2) is 0 Å². The lowest BCUT2D eigenvalue weighted by Crippen LogP contribution is -2.25. The summed E-state index contributed by atoms with van der Waals surface area (Å²) in [5, 5.41) is 0. The molecule has 0 radical (unpaired) electrons. The molecular weight excluding hydrogens is 192 g/mol. The third kappa shape index (κ3) is 5.55. The maximum absolute atomic E-state index is 11.5. The maximum atomic E-state index is 11.5. The van der Waals surface area contributed by atoms with Crippen LogP contribution < -0.4 is 0 Å². The Morgan fingerprint density at radius 2 is 1.80 bits per heavy atom. The summed E-state index contributed by atoms with van der Waals surface area (Å²) in [5.74, 6) is -0.868. The minimum atomic E-state index is -0.540. The van der Waals surface area contributed by atoms with E-state index in [1.165, 1.54) is 0 Å². The Morgan fingerprint density at radius 1 is 1.13 bits per heavy atom. The van der Waals surface area contributed by atoms with Gasteiger partial charge in [0.1, 0.15) is 11.7 Å². The molecule has 0 aromatic rings. The lowest BCUT2D eigenvalue weighted by atomic mass is 9.98. The zero-order valence-corrected chi connectivity index (χ0v) is 10.0. The van der Waals surface area contributed by atoms with Crippen molar-refractivity contribution >= 4 is 11.8 Å². The van der Waals surface area contributed by atoms with Gasteiger partial charge in [-0.15, -0.1) is 0 Å². The molecule has 1 atom stereocenters. The molecule has 0 saturated carbocycles. The second-order valence-electron chi connectivity index (χ2n) is 3.70. The molecule has 0 spiro atoms. The molecule has 0 aliphatic rings. The first-order chi connectivity index (χ1) is 7.17. The van der Waals surface area contributed by atoms with Gasteiger partial charge in [0.15, 0.2) is 0 Å². The number of carbonyl (C=O) groups is 2. The number of unbranched alkanes of at least 4 members (excludes halogenated alkanes) is 1. The van der Waals surface area contributed by atoms with Crippen LogP contribution in [0.1, 0.15) is 52.9 Å². The Balaban J connectivity index is 4.03. The predicted octanol–water partition coefficient (Wildman–Crippen LogP) is 2.73. The molecule has 0 aromatic heterocycles.